The maximum atomic E-state index is 12.0. The largest absolute Gasteiger partial charge is 0.301 e. The molecule has 1 unspecified atom stereocenters. The molecule has 1 atom stereocenters. The Labute approximate surface area is 122 Å². The van der Waals surface area contributed by atoms with Gasteiger partial charge in [0.15, 0.2) is 0 Å². The van der Waals surface area contributed by atoms with Crippen LogP contribution in [-0.2, 0) is 10.0 Å². The topological polar surface area (TPSA) is 49.4 Å². The van der Waals surface area contributed by atoms with Crippen molar-refractivity contribution < 1.29 is 8.42 Å². The van der Waals surface area contributed by atoms with Gasteiger partial charge in [0.05, 0.1) is 4.90 Å². The fraction of sp³-hybridized carbons (Fsp3) is 0.600. The fourth-order valence-electron chi connectivity index (χ4n) is 2.66. The lowest BCUT2D eigenvalue weighted by Crippen LogP contribution is -2.39. The molecular weight excluding hydrogens is 272 g/mol. The van der Waals surface area contributed by atoms with Crippen LogP contribution in [-0.4, -0.2) is 39.0 Å². The molecule has 1 aliphatic rings. The summed E-state index contributed by atoms with van der Waals surface area (Å²) in [7, 11) is -3.35. The van der Waals surface area contributed by atoms with E-state index in [2.05, 4.69) is 16.5 Å². The Morgan fingerprint density at radius 3 is 2.70 bits per heavy atom. The fourth-order valence-corrected chi connectivity index (χ4v) is 3.76. The quantitative estimate of drug-likeness (QED) is 0.819. The molecule has 1 fully saturated rings. The second kappa shape index (κ2) is 7.20. The van der Waals surface area contributed by atoms with Crippen molar-refractivity contribution in [1.29, 1.82) is 0 Å². The highest BCUT2D eigenvalue weighted by molar-refractivity contribution is 7.89. The average Bonchev–Trinajstić information content (AvgIpc) is 2.46. The summed E-state index contributed by atoms with van der Waals surface area (Å²) in [5, 5.41) is 0. The molecule has 5 heteroatoms. The van der Waals surface area contributed by atoms with Crippen LogP contribution in [0.25, 0.3) is 0 Å². The summed E-state index contributed by atoms with van der Waals surface area (Å²) in [5.41, 5.74) is 0. The van der Waals surface area contributed by atoms with Gasteiger partial charge in [0.1, 0.15) is 0 Å². The van der Waals surface area contributed by atoms with Crippen LogP contribution >= 0.6 is 0 Å². The first-order valence-electron chi connectivity index (χ1n) is 7.38. The highest BCUT2D eigenvalue weighted by Crippen LogP contribution is 2.16. The minimum absolute atomic E-state index is 0.339. The molecule has 0 aromatic heterocycles. The summed E-state index contributed by atoms with van der Waals surface area (Å²) in [6, 6.07) is 9.17. The smallest absolute Gasteiger partial charge is 0.240 e. The van der Waals surface area contributed by atoms with E-state index in [4.69, 9.17) is 0 Å². The number of sulfonamides is 1. The third kappa shape index (κ3) is 4.30. The summed E-state index contributed by atoms with van der Waals surface area (Å²) < 4.78 is 26.7. The average molecular weight is 296 g/mol. The van der Waals surface area contributed by atoms with E-state index in [0.29, 0.717) is 17.5 Å². The molecule has 2 rings (SSSR count). The monoisotopic (exact) mass is 296 g/mol. The van der Waals surface area contributed by atoms with Gasteiger partial charge in [0.25, 0.3) is 0 Å². The second-order valence-corrected chi connectivity index (χ2v) is 7.21. The van der Waals surface area contributed by atoms with Gasteiger partial charge in [-0.1, -0.05) is 24.6 Å². The molecule has 112 valence electrons. The van der Waals surface area contributed by atoms with E-state index in [-0.39, 0.29) is 0 Å². The number of benzene rings is 1. The Morgan fingerprint density at radius 2 is 2.00 bits per heavy atom. The Balaban J connectivity index is 1.75. The van der Waals surface area contributed by atoms with Crippen LogP contribution in [0, 0.1) is 0 Å². The molecule has 1 saturated heterocycles. The van der Waals surface area contributed by atoms with E-state index in [0.717, 1.165) is 19.5 Å². The van der Waals surface area contributed by atoms with Gasteiger partial charge < -0.3 is 4.90 Å². The summed E-state index contributed by atoms with van der Waals surface area (Å²) in [6.07, 6.45) is 4.70. The van der Waals surface area contributed by atoms with Crippen LogP contribution in [0.1, 0.15) is 32.6 Å². The van der Waals surface area contributed by atoms with E-state index < -0.39 is 10.0 Å². The van der Waals surface area contributed by atoms with Crippen LogP contribution in [0.15, 0.2) is 35.2 Å². The first-order chi connectivity index (χ1) is 9.59. The van der Waals surface area contributed by atoms with Gasteiger partial charge >= 0.3 is 0 Å². The lowest BCUT2D eigenvalue weighted by Gasteiger charge is -2.33. The van der Waals surface area contributed by atoms with Gasteiger partial charge in [-0.3, -0.25) is 0 Å². The lowest BCUT2D eigenvalue weighted by molar-refractivity contribution is 0.159. The predicted octanol–water partition coefficient (Wildman–Crippen LogP) is 2.23. The number of piperidine rings is 1. The highest BCUT2D eigenvalue weighted by Gasteiger charge is 2.18. The first-order valence-corrected chi connectivity index (χ1v) is 8.87. The van der Waals surface area contributed by atoms with Gasteiger partial charge in [-0.25, -0.2) is 13.1 Å². The van der Waals surface area contributed by atoms with E-state index in [1.165, 1.54) is 19.3 Å². The maximum absolute atomic E-state index is 12.0. The van der Waals surface area contributed by atoms with Crippen molar-refractivity contribution in [3.05, 3.63) is 30.3 Å². The Morgan fingerprint density at radius 1 is 1.25 bits per heavy atom. The molecule has 0 spiro atoms. The standard InChI is InChI=1S/C15H24N2O2S/c1-14-8-5-6-12-17(14)13-7-11-16-20(18,19)15-9-3-2-4-10-15/h2-4,9-10,14,16H,5-8,11-13H2,1H3. The van der Waals surface area contributed by atoms with Gasteiger partial charge in [0, 0.05) is 12.6 Å². The molecule has 4 nitrogen and oxygen atoms in total. The number of nitrogens with one attached hydrogen (secondary N) is 1. The summed E-state index contributed by atoms with van der Waals surface area (Å²) in [4.78, 5) is 2.80. The zero-order chi connectivity index (χ0) is 14.4. The molecule has 0 radical (unpaired) electrons. The summed E-state index contributed by atoms with van der Waals surface area (Å²) >= 11 is 0. The van der Waals surface area contributed by atoms with Gasteiger partial charge in [-0.2, -0.15) is 0 Å². The van der Waals surface area contributed by atoms with Crippen molar-refractivity contribution in [2.75, 3.05) is 19.6 Å². The number of hydrogen-bond acceptors (Lipinski definition) is 3. The lowest BCUT2D eigenvalue weighted by atomic mass is 10.0. The molecule has 0 bridgehead atoms. The van der Waals surface area contributed by atoms with Crippen LogP contribution in [0.2, 0.25) is 0 Å². The van der Waals surface area contributed by atoms with Gasteiger partial charge in [-0.15, -0.1) is 0 Å². The van der Waals surface area contributed by atoms with E-state index in [1.807, 2.05) is 6.07 Å². The molecule has 0 amide bonds. The SMILES string of the molecule is CC1CCCCN1CCCNS(=O)(=O)c1ccccc1. The molecule has 1 N–H and O–H groups in total. The van der Waals surface area contributed by atoms with E-state index in [9.17, 15) is 8.42 Å². The molecule has 0 aliphatic carbocycles. The first kappa shape index (κ1) is 15.5. The molecule has 1 aromatic carbocycles. The molecule has 20 heavy (non-hydrogen) atoms. The van der Waals surface area contributed by atoms with Crippen LogP contribution in [0.4, 0.5) is 0 Å². The van der Waals surface area contributed by atoms with Crippen molar-refractivity contribution in [3.63, 3.8) is 0 Å². The van der Waals surface area contributed by atoms with Crippen LogP contribution in [0.5, 0.6) is 0 Å². The zero-order valence-electron chi connectivity index (χ0n) is 12.1. The maximum Gasteiger partial charge on any atom is 0.240 e. The van der Waals surface area contributed by atoms with Gasteiger partial charge in [0.2, 0.25) is 10.0 Å². The molecule has 0 saturated carbocycles. The minimum atomic E-state index is -3.35. The Bertz CT molecular complexity index is 502. The van der Waals surface area contributed by atoms with Crippen LogP contribution < -0.4 is 4.72 Å². The van der Waals surface area contributed by atoms with Crippen molar-refractivity contribution in [2.24, 2.45) is 0 Å². The number of likely N-dealkylation sites (tertiary alicyclic amines) is 1. The molecule has 1 heterocycles. The van der Waals surface area contributed by atoms with E-state index >= 15 is 0 Å². The van der Waals surface area contributed by atoms with Crippen molar-refractivity contribution >= 4 is 10.0 Å². The molecule has 1 aliphatic heterocycles. The Hall–Kier alpha value is -0.910. The van der Waals surface area contributed by atoms with Gasteiger partial charge in [-0.05, 0) is 51.4 Å². The highest BCUT2D eigenvalue weighted by atomic mass is 32.2. The molecular formula is C15H24N2O2S. The summed E-state index contributed by atoms with van der Waals surface area (Å²) in [6.45, 7) is 4.87. The summed E-state index contributed by atoms with van der Waals surface area (Å²) in [5.74, 6) is 0. The second-order valence-electron chi connectivity index (χ2n) is 5.45. The number of rotatable bonds is 6. The third-order valence-corrected chi connectivity index (χ3v) is 5.39. The number of nitrogens with zero attached hydrogens (tertiary/aromatic N) is 1. The van der Waals surface area contributed by atoms with Crippen LogP contribution in [0.3, 0.4) is 0 Å². The third-order valence-electron chi connectivity index (χ3n) is 3.91. The molecule has 1 aromatic rings. The predicted molar refractivity (Wildman–Crippen MR) is 81.1 cm³/mol. The normalized spacial score (nSPS) is 20.9. The minimum Gasteiger partial charge on any atom is -0.301 e. The van der Waals surface area contributed by atoms with Crippen molar-refractivity contribution in [1.82, 2.24) is 9.62 Å². The van der Waals surface area contributed by atoms with Crippen molar-refractivity contribution in [3.8, 4) is 0 Å². The van der Waals surface area contributed by atoms with E-state index in [1.54, 1.807) is 24.3 Å². The zero-order valence-corrected chi connectivity index (χ0v) is 12.9. The Kier molecular flexibility index (Phi) is 5.57. The number of hydrogen-bond donors (Lipinski definition) is 1. The van der Waals surface area contributed by atoms with Crippen molar-refractivity contribution in [2.45, 2.75) is 43.5 Å².